The second-order valence-corrected chi connectivity index (χ2v) is 3.52. The number of carbonyl (C=O) groups excluding carboxylic acids is 2. The van der Waals surface area contributed by atoms with Crippen LogP contribution in [-0.4, -0.2) is 43.5 Å². The normalized spacial score (nSPS) is 21.5. The summed E-state index contributed by atoms with van der Waals surface area (Å²) in [6, 6.07) is -0.940. The van der Waals surface area contributed by atoms with E-state index in [1.54, 1.807) is 6.92 Å². The van der Waals surface area contributed by atoms with Crippen LogP contribution < -0.4 is 10.6 Å². The zero-order valence-electron chi connectivity index (χ0n) is 9.29. The van der Waals surface area contributed by atoms with Crippen LogP contribution >= 0.6 is 12.4 Å². The van der Waals surface area contributed by atoms with E-state index in [2.05, 4.69) is 15.4 Å². The molecule has 1 aliphatic rings. The van der Waals surface area contributed by atoms with Gasteiger partial charge in [-0.15, -0.1) is 12.4 Å². The van der Waals surface area contributed by atoms with Crippen LogP contribution in [0.5, 0.6) is 0 Å². The third-order valence-electron chi connectivity index (χ3n) is 2.14. The van der Waals surface area contributed by atoms with Crippen molar-refractivity contribution in [3.63, 3.8) is 0 Å². The minimum atomic E-state index is -2.86. The number of hydrogen-bond donors (Lipinski definition) is 2. The van der Waals surface area contributed by atoms with Crippen molar-refractivity contribution in [2.24, 2.45) is 0 Å². The van der Waals surface area contributed by atoms with Crippen molar-refractivity contribution in [3.05, 3.63) is 0 Å². The lowest BCUT2D eigenvalue weighted by atomic mass is 10.2. The summed E-state index contributed by atoms with van der Waals surface area (Å²) in [5.74, 6) is -4.04. The first-order valence-electron chi connectivity index (χ1n) is 4.99. The van der Waals surface area contributed by atoms with E-state index in [1.807, 2.05) is 0 Å². The monoisotopic (exact) mass is 272 g/mol. The average Bonchev–Trinajstić information content (AvgIpc) is 2.56. The molecule has 0 aliphatic carbocycles. The number of carbonyl (C=O) groups is 2. The summed E-state index contributed by atoms with van der Waals surface area (Å²) in [5, 5.41) is 4.63. The van der Waals surface area contributed by atoms with Gasteiger partial charge in [0.2, 0.25) is 5.91 Å². The zero-order chi connectivity index (χ0) is 12.2. The standard InChI is InChI=1S/C9H14F2N2O3.ClH/c1-2-16-7(14)4-12-8(15)6-3-9(10,11)5-13-6;/h6,13H,2-5H2,1H3,(H,12,15);1H. The Balaban J connectivity index is 0.00000256. The van der Waals surface area contributed by atoms with E-state index in [-0.39, 0.29) is 25.6 Å². The van der Waals surface area contributed by atoms with Crippen molar-refractivity contribution >= 4 is 24.3 Å². The van der Waals surface area contributed by atoms with Crippen molar-refractivity contribution in [1.82, 2.24) is 10.6 Å². The summed E-state index contributed by atoms with van der Waals surface area (Å²) < 4.78 is 30.1. The fourth-order valence-electron chi connectivity index (χ4n) is 1.40. The number of amides is 1. The molecule has 0 radical (unpaired) electrons. The Bertz CT molecular complexity index is 289. The number of esters is 1. The number of alkyl halides is 2. The first kappa shape index (κ1) is 16.1. The summed E-state index contributed by atoms with van der Waals surface area (Å²) in [6.45, 7) is 1.05. The molecule has 0 bridgehead atoms. The molecule has 1 amide bonds. The highest BCUT2D eigenvalue weighted by Gasteiger charge is 2.42. The lowest BCUT2D eigenvalue weighted by Crippen LogP contribution is -2.42. The number of nitrogens with one attached hydrogen (secondary N) is 2. The Morgan fingerprint density at radius 3 is 2.65 bits per heavy atom. The first-order valence-corrected chi connectivity index (χ1v) is 4.99. The average molecular weight is 273 g/mol. The highest BCUT2D eigenvalue weighted by molar-refractivity contribution is 5.86. The van der Waals surface area contributed by atoms with Gasteiger partial charge in [-0.2, -0.15) is 0 Å². The molecular weight excluding hydrogens is 258 g/mol. The topological polar surface area (TPSA) is 67.4 Å². The first-order chi connectivity index (χ1) is 7.44. The van der Waals surface area contributed by atoms with Crippen LogP contribution in [0.4, 0.5) is 8.78 Å². The highest BCUT2D eigenvalue weighted by Crippen LogP contribution is 2.24. The molecule has 1 rings (SSSR count). The Hall–Kier alpha value is -0.950. The second-order valence-electron chi connectivity index (χ2n) is 3.52. The molecule has 1 unspecified atom stereocenters. The van der Waals surface area contributed by atoms with Crippen LogP contribution in [0.15, 0.2) is 0 Å². The van der Waals surface area contributed by atoms with Gasteiger partial charge in [-0.25, -0.2) is 8.78 Å². The zero-order valence-corrected chi connectivity index (χ0v) is 10.1. The van der Waals surface area contributed by atoms with Crippen molar-refractivity contribution in [2.75, 3.05) is 19.7 Å². The summed E-state index contributed by atoms with van der Waals surface area (Å²) in [6.07, 6.45) is -0.540. The highest BCUT2D eigenvalue weighted by atomic mass is 35.5. The summed E-state index contributed by atoms with van der Waals surface area (Å²) >= 11 is 0. The molecule has 0 saturated carbocycles. The molecule has 1 saturated heterocycles. The van der Waals surface area contributed by atoms with Crippen molar-refractivity contribution < 1.29 is 23.1 Å². The van der Waals surface area contributed by atoms with Crippen molar-refractivity contribution in [1.29, 1.82) is 0 Å². The Kier molecular flexibility index (Phi) is 6.33. The lowest BCUT2D eigenvalue weighted by molar-refractivity contribution is -0.143. The molecule has 8 heteroatoms. The van der Waals surface area contributed by atoms with Gasteiger partial charge in [0.1, 0.15) is 6.54 Å². The number of ether oxygens (including phenoxy) is 1. The number of rotatable bonds is 4. The fraction of sp³-hybridized carbons (Fsp3) is 0.778. The van der Waals surface area contributed by atoms with E-state index >= 15 is 0 Å². The third-order valence-corrected chi connectivity index (χ3v) is 2.14. The SMILES string of the molecule is CCOC(=O)CNC(=O)C1CC(F)(F)CN1.Cl. The second kappa shape index (κ2) is 6.70. The van der Waals surface area contributed by atoms with Crippen molar-refractivity contribution in [2.45, 2.75) is 25.3 Å². The van der Waals surface area contributed by atoms with Crippen LogP contribution in [-0.2, 0) is 14.3 Å². The van der Waals surface area contributed by atoms with Gasteiger partial charge in [-0.1, -0.05) is 0 Å². The smallest absolute Gasteiger partial charge is 0.325 e. The van der Waals surface area contributed by atoms with E-state index in [1.165, 1.54) is 0 Å². The van der Waals surface area contributed by atoms with Gasteiger partial charge in [0.15, 0.2) is 0 Å². The van der Waals surface area contributed by atoms with Crippen LogP contribution in [0.3, 0.4) is 0 Å². The maximum Gasteiger partial charge on any atom is 0.325 e. The molecule has 1 aliphatic heterocycles. The fourth-order valence-corrected chi connectivity index (χ4v) is 1.40. The van der Waals surface area contributed by atoms with Gasteiger partial charge in [0, 0.05) is 6.42 Å². The van der Waals surface area contributed by atoms with Gasteiger partial charge >= 0.3 is 5.97 Å². The van der Waals surface area contributed by atoms with E-state index in [9.17, 15) is 18.4 Å². The molecule has 0 aromatic rings. The molecule has 5 nitrogen and oxygen atoms in total. The predicted molar refractivity (Wildman–Crippen MR) is 58.2 cm³/mol. The van der Waals surface area contributed by atoms with Crippen molar-refractivity contribution in [3.8, 4) is 0 Å². The molecule has 17 heavy (non-hydrogen) atoms. The summed E-state index contributed by atoms with van der Waals surface area (Å²) in [7, 11) is 0. The Morgan fingerprint density at radius 1 is 1.53 bits per heavy atom. The molecule has 0 aromatic carbocycles. The molecule has 1 atom stereocenters. The third kappa shape index (κ3) is 5.27. The number of hydrogen-bond acceptors (Lipinski definition) is 4. The van der Waals surface area contributed by atoms with E-state index < -0.39 is 36.8 Å². The Labute approximate surface area is 104 Å². The molecule has 1 fully saturated rings. The molecule has 0 spiro atoms. The van der Waals surface area contributed by atoms with E-state index in [0.717, 1.165) is 0 Å². The minimum absolute atomic E-state index is 0. The number of halogens is 3. The van der Waals surface area contributed by atoms with E-state index in [0.29, 0.717) is 0 Å². The van der Waals surface area contributed by atoms with Gasteiger partial charge in [0.05, 0.1) is 19.2 Å². The van der Waals surface area contributed by atoms with Crippen LogP contribution in [0.1, 0.15) is 13.3 Å². The minimum Gasteiger partial charge on any atom is -0.465 e. The van der Waals surface area contributed by atoms with Gasteiger partial charge in [-0.05, 0) is 6.92 Å². The molecule has 100 valence electrons. The van der Waals surface area contributed by atoms with Crippen LogP contribution in [0, 0.1) is 0 Å². The maximum absolute atomic E-state index is 12.7. The lowest BCUT2D eigenvalue weighted by Gasteiger charge is -2.10. The molecular formula is C9H15ClF2N2O3. The molecule has 1 heterocycles. The van der Waals surface area contributed by atoms with Crippen LogP contribution in [0.2, 0.25) is 0 Å². The molecule has 0 aromatic heterocycles. The van der Waals surface area contributed by atoms with E-state index in [4.69, 9.17) is 0 Å². The predicted octanol–water partition coefficient (Wildman–Crippen LogP) is 0.0847. The largest absolute Gasteiger partial charge is 0.465 e. The maximum atomic E-state index is 12.7. The van der Waals surface area contributed by atoms with Gasteiger partial charge < -0.3 is 10.1 Å². The van der Waals surface area contributed by atoms with Gasteiger partial charge in [-0.3, -0.25) is 14.9 Å². The summed E-state index contributed by atoms with van der Waals surface area (Å²) in [4.78, 5) is 22.2. The van der Waals surface area contributed by atoms with Gasteiger partial charge in [0.25, 0.3) is 5.92 Å². The quantitative estimate of drug-likeness (QED) is 0.712. The summed E-state index contributed by atoms with van der Waals surface area (Å²) in [5.41, 5.74) is 0. The molecule has 2 N–H and O–H groups in total. The Morgan fingerprint density at radius 2 is 2.18 bits per heavy atom. The van der Waals surface area contributed by atoms with Crippen LogP contribution in [0.25, 0.3) is 0 Å².